The second-order valence-corrected chi connectivity index (χ2v) is 13.9. The second-order valence-electron chi connectivity index (χ2n) is 10.3. The van der Waals surface area contributed by atoms with Crippen LogP contribution in [0.1, 0.15) is 43.7 Å². The summed E-state index contributed by atoms with van der Waals surface area (Å²) in [6.07, 6.45) is 3.78. The Hall–Kier alpha value is -2.49. The van der Waals surface area contributed by atoms with Crippen LogP contribution in [0.4, 0.5) is 5.69 Å². The molecule has 7 nitrogen and oxygen atoms in total. The second kappa shape index (κ2) is 13.9. The van der Waals surface area contributed by atoms with Crippen molar-refractivity contribution in [2.45, 2.75) is 63.1 Å². The van der Waals surface area contributed by atoms with Crippen LogP contribution in [-0.4, -0.2) is 43.8 Å². The van der Waals surface area contributed by atoms with Crippen molar-refractivity contribution in [3.8, 4) is 0 Å². The highest BCUT2D eigenvalue weighted by atomic mass is 35.5. The molecule has 3 aromatic rings. The van der Waals surface area contributed by atoms with E-state index in [0.29, 0.717) is 15.6 Å². The third kappa shape index (κ3) is 7.71. The van der Waals surface area contributed by atoms with E-state index in [1.807, 2.05) is 6.92 Å². The molecule has 0 saturated heterocycles. The Morgan fingerprint density at radius 2 is 1.52 bits per heavy atom. The van der Waals surface area contributed by atoms with E-state index in [1.165, 1.54) is 35.2 Å². The molecule has 0 bridgehead atoms. The molecule has 12 heteroatoms. The summed E-state index contributed by atoms with van der Waals surface area (Å²) in [6.45, 7) is 2.73. The van der Waals surface area contributed by atoms with Crippen molar-refractivity contribution >= 4 is 73.9 Å². The van der Waals surface area contributed by atoms with Crippen molar-refractivity contribution < 1.29 is 18.0 Å². The number of halogens is 4. The molecule has 1 aliphatic carbocycles. The lowest BCUT2D eigenvalue weighted by Gasteiger charge is -2.33. The summed E-state index contributed by atoms with van der Waals surface area (Å²) in [5, 5.41) is 4.08. The fourth-order valence-corrected chi connectivity index (χ4v) is 7.16. The van der Waals surface area contributed by atoms with Crippen molar-refractivity contribution in [1.29, 1.82) is 0 Å². The molecule has 3 aromatic carbocycles. The first kappa shape index (κ1) is 32.4. The number of anilines is 1. The maximum atomic E-state index is 14.1. The van der Waals surface area contributed by atoms with Crippen LogP contribution in [0.3, 0.4) is 0 Å². The quantitative estimate of drug-likeness (QED) is 0.246. The number of rotatable bonds is 10. The Labute approximate surface area is 266 Å². The lowest BCUT2D eigenvalue weighted by Crippen LogP contribution is -2.52. The molecule has 1 saturated carbocycles. The molecule has 0 aromatic heterocycles. The van der Waals surface area contributed by atoms with Gasteiger partial charge in [0.05, 0.1) is 15.6 Å². The van der Waals surface area contributed by atoms with Gasteiger partial charge in [0.25, 0.3) is 10.0 Å². The number of nitrogens with zero attached hydrogens (tertiary/aromatic N) is 2. The fourth-order valence-electron chi connectivity index (χ4n) is 4.84. The van der Waals surface area contributed by atoms with E-state index in [0.717, 1.165) is 35.6 Å². The summed E-state index contributed by atoms with van der Waals surface area (Å²) in [5.41, 5.74) is 1.44. The monoisotopic (exact) mass is 669 g/mol. The van der Waals surface area contributed by atoms with Crippen LogP contribution in [0.15, 0.2) is 65.6 Å². The van der Waals surface area contributed by atoms with Gasteiger partial charge < -0.3 is 10.2 Å². The molecule has 0 radical (unpaired) electrons. The van der Waals surface area contributed by atoms with Crippen molar-refractivity contribution in [2.24, 2.45) is 0 Å². The highest BCUT2D eigenvalue weighted by Crippen LogP contribution is 2.33. The Bertz CT molecular complexity index is 1560. The molecule has 1 atom stereocenters. The summed E-state index contributed by atoms with van der Waals surface area (Å²) in [4.78, 5) is 28.7. The Balaban J connectivity index is 1.73. The number of nitrogens with one attached hydrogen (secondary N) is 1. The van der Waals surface area contributed by atoms with Gasteiger partial charge in [-0.15, -0.1) is 0 Å². The molecule has 0 unspecified atom stereocenters. The van der Waals surface area contributed by atoms with Gasteiger partial charge in [-0.05, 0) is 74.7 Å². The van der Waals surface area contributed by atoms with E-state index >= 15 is 0 Å². The number of hydrogen-bond acceptors (Lipinski definition) is 4. The van der Waals surface area contributed by atoms with E-state index in [4.69, 9.17) is 46.4 Å². The summed E-state index contributed by atoms with van der Waals surface area (Å²) < 4.78 is 28.9. The largest absolute Gasteiger partial charge is 0.352 e. The standard InChI is InChI=1S/C30H31Cl4N3O4S/c1-19-7-12-25(13-8-19)42(40,41)37(28-16-23(32)11-14-26(28)33)18-29(38)36(17-21-9-10-22(31)15-27(21)34)20(2)30(39)35-24-5-3-4-6-24/h7-16,20,24H,3-6,17-18H2,1-2H3,(H,35,39)/t20-/m0/s1. The minimum absolute atomic E-state index is 0.0275. The Morgan fingerprint density at radius 1 is 0.905 bits per heavy atom. The number of carbonyl (C=O) groups excluding carboxylic acids is 2. The van der Waals surface area contributed by atoms with Crippen LogP contribution < -0.4 is 9.62 Å². The fraction of sp³-hybridized carbons (Fsp3) is 0.333. The lowest BCUT2D eigenvalue weighted by atomic mass is 10.1. The molecule has 1 fully saturated rings. The molecule has 2 amide bonds. The molecule has 42 heavy (non-hydrogen) atoms. The zero-order valence-electron chi connectivity index (χ0n) is 23.1. The predicted octanol–water partition coefficient (Wildman–Crippen LogP) is 7.28. The van der Waals surface area contributed by atoms with Crippen LogP contribution in [0.25, 0.3) is 0 Å². The molecular formula is C30H31Cl4N3O4S. The summed E-state index contributed by atoms with van der Waals surface area (Å²) in [6, 6.07) is 14.6. The number of amides is 2. The van der Waals surface area contributed by atoms with Crippen LogP contribution in [0.2, 0.25) is 20.1 Å². The molecule has 4 rings (SSSR count). The van der Waals surface area contributed by atoms with E-state index in [9.17, 15) is 18.0 Å². The number of sulfonamides is 1. The first-order valence-electron chi connectivity index (χ1n) is 13.4. The van der Waals surface area contributed by atoms with Gasteiger partial charge in [0.1, 0.15) is 12.6 Å². The van der Waals surface area contributed by atoms with Crippen molar-refractivity contribution in [3.63, 3.8) is 0 Å². The highest BCUT2D eigenvalue weighted by molar-refractivity contribution is 7.92. The van der Waals surface area contributed by atoms with E-state index in [2.05, 4.69) is 5.32 Å². The molecule has 0 heterocycles. The molecule has 0 aliphatic heterocycles. The summed E-state index contributed by atoms with van der Waals surface area (Å²) in [7, 11) is -4.29. The first-order chi connectivity index (χ1) is 19.9. The number of carbonyl (C=O) groups is 2. The van der Waals surface area contributed by atoms with Crippen LogP contribution >= 0.6 is 46.4 Å². The van der Waals surface area contributed by atoms with Gasteiger partial charge in [-0.25, -0.2) is 8.42 Å². The van der Waals surface area contributed by atoms with Crippen LogP contribution in [-0.2, 0) is 26.2 Å². The van der Waals surface area contributed by atoms with Crippen molar-refractivity contribution in [1.82, 2.24) is 10.2 Å². The van der Waals surface area contributed by atoms with Crippen LogP contribution in [0.5, 0.6) is 0 Å². The van der Waals surface area contributed by atoms with Crippen LogP contribution in [0, 0.1) is 6.92 Å². The van der Waals surface area contributed by atoms with Gasteiger partial charge >= 0.3 is 0 Å². The molecule has 0 spiro atoms. The SMILES string of the molecule is Cc1ccc(S(=O)(=O)N(CC(=O)N(Cc2ccc(Cl)cc2Cl)[C@@H](C)C(=O)NC2CCCC2)c2cc(Cl)ccc2Cl)cc1. The molecule has 1 N–H and O–H groups in total. The van der Waals surface area contributed by atoms with Gasteiger partial charge in [0, 0.05) is 27.7 Å². The normalized spacial score (nSPS) is 14.4. The smallest absolute Gasteiger partial charge is 0.264 e. The average Bonchev–Trinajstić information content (AvgIpc) is 3.45. The zero-order valence-corrected chi connectivity index (χ0v) is 27.0. The summed E-state index contributed by atoms with van der Waals surface area (Å²) in [5.74, 6) is -0.976. The van der Waals surface area contributed by atoms with Gasteiger partial charge in [-0.1, -0.05) is 83.0 Å². The Kier molecular flexibility index (Phi) is 10.7. The number of hydrogen-bond donors (Lipinski definition) is 1. The van der Waals surface area contributed by atoms with Gasteiger partial charge in [0.2, 0.25) is 11.8 Å². The topological polar surface area (TPSA) is 86.8 Å². The molecular weight excluding hydrogens is 640 g/mol. The third-order valence-electron chi connectivity index (χ3n) is 7.29. The third-order valence-corrected chi connectivity index (χ3v) is 10.2. The maximum Gasteiger partial charge on any atom is 0.264 e. The Morgan fingerprint density at radius 3 is 2.17 bits per heavy atom. The van der Waals surface area contributed by atoms with Gasteiger partial charge in [-0.2, -0.15) is 0 Å². The number of benzene rings is 3. The van der Waals surface area contributed by atoms with Crippen molar-refractivity contribution in [3.05, 3.63) is 91.9 Å². The van der Waals surface area contributed by atoms with E-state index < -0.39 is 28.5 Å². The van der Waals surface area contributed by atoms with Gasteiger partial charge in [0.15, 0.2) is 0 Å². The van der Waals surface area contributed by atoms with E-state index in [-0.39, 0.29) is 39.1 Å². The molecule has 1 aliphatic rings. The minimum Gasteiger partial charge on any atom is -0.352 e. The molecule has 224 valence electrons. The summed E-state index contributed by atoms with van der Waals surface area (Å²) >= 11 is 25.2. The van der Waals surface area contributed by atoms with Gasteiger partial charge in [-0.3, -0.25) is 13.9 Å². The highest BCUT2D eigenvalue weighted by Gasteiger charge is 2.34. The average molecular weight is 671 g/mol. The predicted molar refractivity (Wildman–Crippen MR) is 169 cm³/mol. The minimum atomic E-state index is -4.29. The van der Waals surface area contributed by atoms with Crippen molar-refractivity contribution in [2.75, 3.05) is 10.8 Å². The number of aryl methyl sites for hydroxylation is 1. The zero-order chi connectivity index (χ0) is 30.6. The van der Waals surface area contributed by atoms with E-state index in [1.54, 1.807) is 37.3 Å². The lowest BCUT2D eigenvalue weighted by molar-refractivity contribution is -0.139. The maximum absolute atomic E-state index is 14.1. The first-order valence-corrected chi connectivity index (χ1v) is 16.4.